The third-order valence-corrected chi connectivity index (χ3v) is 7.45. The van der Waals surface area contributed by atoms with Crippen molar-refractivity contribution in [3.8, 4) is 0 Å². The van der Waals surface area contributed by atoms with Crippen LogP contribution in [0.25, 0.3) is 0 Å². The van der Waals surface area contributed by atoms with Gasteiger partial charge in [-0.2, -0.15) is 0 Å². The standard InChI is InChI=1S/C34H33FO5/c1-33(2)39-31-30(36-22-24-18-20-28(35)21-19-24)29(38-32(31)40-33)23-37-34(25-12-6-3-7-13-25,26-14-8-4-9-15-26)27-16-10-5-11-17-27/h3-21,29-32H,22-23H2,1-2H3/t29-,30+,31-,32?/m1/s1. The molecule has 4 atom stereocenters. The minimum Gasteiger partial charge on any atom is -0.368 e. The minimum absolute atomic E-state index is 0.215. The molecular formula is C34H33FO5. The lowest BCUT2D eigenvalue weighted by Crippen LogP contribution is -2.42. The summed E-state index contributed by atoms with van der Waals surface area (Å²) in [4.78, 5) is 0. The fourth-order valence-corrected chi connectivity index (χ4v) is 5.63. The van der Waals surface area contributed by atoms with Crippen molar-refractivity contribution in [2.45, 2.75) is 56.4 Å². The molecule has 206 valence electrons. The van der Waals surface area contributed by atoms with Crippen LogP contribution >= 0.6 is 0 Å². The van der Waals surface area contributed by atoms with E-state index in [4.69, 9.17) is 23.7 Å². The van der Waals surface area contributed by atoms with Gasteiger partial charge in [-0.3, -0.25) is 0 Å². The van der Waals surface area contributed by atoms with E-state index >= 15 is 0 Å². The summed E-state index contributed by atoms with van der Waals surface area (Å²) in [5.41, 5.74) is 2.97. The molecule has 0 aromatic heterocycles. The van der Waals surface area contributed by atoms with Gasteiger partial charge in [0.1, 0.15) is 29.7 Å². The second-order valence-corrected chi connectivity index (χ2v) is 10.6. The number of benzene rings is 4. The maximum atomic E-state index is 13.5. The van der Waals surface area contributed by atoms with Gasteiger partial charge < -0.3 is 23.7 Å². The first-order valence-corrected chi connectivity index (χ1v) is 13.6. The van der Waals surface area contributed by atoms with Crippen molar-refractivity contribution in [2.75, 3.05) is 6.61 Å². The van der Waals surface area contributed by atoms with E-state index in [0.29, 0.717) is 0 Å². The molecule has 0 spiro atoms. The molecule has 0 amide bonds. The van der Waals surface area contributed by atoms with Gasteiger partial charge in [0.25, 0.3) is 0 Å². The summed E-state index contributed by atoms with van der Waals surface area (Å²) in [5, 5.41) is 0. The third kappa shape index (κ3) is 5.33. The molecule has 4 aromatic carbocycles. The van der Waals surface area contributed by atoms with Crippen LogP contribution < -0.4 is 0 Å². The average Bonchev–Trinajstić information content (AvgIpc) is 3.45. The molecule has 0 aliphatic carbocycles. The summed E-state index contributed by atoms with van der Waals surface area (Å²) >= 11 is 0. The van der Waals surface area contributed by atoms with E-state index in [2.05, 4.69) is 36.4 Å². The van der Waals surface area contributed by atoms with Crippen LogP contribution in [0.3, 0.4) is 0 Å². The monoisotopic (exact) mass is 540 g/mol. The molecule has 0 N–H and O–H groups in total. The highest BCUT2D eigenvalue weighted by Crippen LogP contribution is 2.43. The first-order chi connectivity index (χ1) is 19.4. The fourth-order valence-electron chi connectivity index (χ4n) is 5.63. The van der Waals surface area contributed by atoms with Crippen molar-refractivity contribution < 1.29 is 28.1 Å². The Hall–Kier alpha value is -3.39. The zero-order valence-electron chi connectivity index (χ0n) is 22.6. The van der Waals surface area contributed by atoms with E-state index in [1.807, 2.05) is 68.4 Å². The number of halogens is 1. The van der Waals surface area contributed by atoms with Gasteiger partial charge in [0.05, 0.1) is 13.2 Å². The highest BCUT2D eigenvalue weighted by Gasteiger charge is 2.56. The molecule has 0 radical (unpaired) electrons. The molecule has 5 nitrogen and oxygen atoms in total. The first-order valence-electron chi connectivity index (χ1n) is 13.6. The topological polar surface area (TPSA) is 46.2 Å². The highest BCUT2D eigenvalue weighted by atomic mass is 19.1. The molecule has 0 bridgehead atoms. The van der Waals surface area contributed by atoms with Gasteiger partial charge in [-0.15, -0.1) is 0 Å². The van der Waals surface area contributed by atoms with E-state index in [-0.39, 0.29) is 19.0 Å². The Balaban J connectivity index is 1.33. The number of fused-ring (bicyclic) bond motifs is 1. The average molecular weight is 541 g/mol. The molecule has 0 saturated carbocycles. The zero-order chi connectivity index (χ0) is 27.6. The van der Waals surface area contributed by atoms with E-state index in [1.165, 1.54) is 12.1 Å². The van der Waals surface area contributed by atoms with Gasteiger partial charge in [-0.25, -0.2) is 4.39 Å². The van der Waals surface area contributed by atoms with Gasteiger partial charge in [-0.1, -0.05) is 103 Å². The molecule has 6 heteroatoms. The van der Waals surface area contributed by atoms with Crippen LogP contribution in [0.5, 0.6) is 0 Å². The molecule has 2 saturated heterocycles. The number of hydrogen-bond donors (Lipinski definition) is 0. The molecule has 2 fully saturated rings. The molecule has 40 heavy (non-hydrogen) atoms. The molecule has 2 heterocycles. The number of rotatable bonds is 9. The second-order valence-electron chi connectivity index (χ2n) is 10.6. The number of ether oxygens (including phenoxy) is 5. The van der Waals surface area contributed by atoms with Gasteiger partial charge in [0, 0.05) is 0 Å². The van der Waals surface area contributed by atoms with Crippen LogP contribution in [0.1, 0.15) is 36.1 Å². The van der Waals surface area contributed by atoms with Crippen LogP contribution in [-0.4, -0.2) is 37.0 Å². The lowest BCUT2D eigenvalue weighted by atomic mass is 9.80. The fraction of sp³-hybridized carbons (Fsp3) is 0.294. The predicted molar refractivity (Wildman–Crippen MR) is 149 cm³/mol. The third-order valence-electron chi connectivity index (χ3n) is 7.45. The van der Waals surface area contributed by atoms with Gasteiger partial charge >= 0.3 is 0 Å². The first kappa shape index (κ1) is 26.8. The lowest BCUT2D eigenvalue weighted by molar-refractivity contribution is -0.227. The summed E-state index contributed by atoms with van der Waals surface area (Å²) in [7, 11) is 0. The molecule has 2 aliphatic heterocycles. The Bertz CT molecular complexity index is 1280. The van der Waals surface area contributed by atoms with Crippen molar-refractivity contribution >= 4 is 0 Å². The van der Waals surface area contributed by atoms with Crippen LogP contribution in [-0.2, 0) is 35.9 Å². The highest BCUT2D eigenvalue weighted by molar-refractivity contribution is 5.47. The van der Waals surface area contributed by atoms with Gasteiger partial charge in [0.15, 0.2) is 12.1 Å². The van der Waals surface area contributed by atoms with Crippen LogP contribution in [0.2, 0.25) is 0 Å². The summed E-state index contributed by atoms with van der Waals surface area (Å²) < 4.78 is 45.6. The van der Waals surface area contributed by atoms with E-state index in [1.54, 1.807) is 12.1 Å². The summed E-state index contributed by atoms with van der Waals surface area (Å²) in [6.45, 7) is 4.22. The van der Waals surface area contributed by atoms with E-state index in [0.717, 1.165) is 22.3 Å². The summed E-state index contributed by atoms with van der Waals surface area (Å²) in [6, 6.07) is 36.9. The zero-order valence-corrected chi connectivity index (χ0v) is 22.6. The van der Waals surface area contributed by atoms with Crippen molar-refractivity contribution in [2.24, 2.45) is 0 Å². The maximum Gasteiger partial charge on any atom is 0.190 e. The minimum atomic E-state index is -0.896. The van der Waals surface area contributed by atoms with Crippen LogP contribution in [0.4, 0.5) is 4.39 Å². The molecule has 2 aliphatic rings. The second kappa shape index (κ2) is 11.2. The Morgan fingerprint density at radius 3 is 1.77 bits per heavy atom. The Morgan fingerprint density at radius 1 is 0.725 bits per heavy atom. The van der Waals surface area contributed by atoms with Crippen molar-refractivity contribution in [1.82, 2.24) is 0 Å². The van der Waals surface area contributed by atoms with Crippen molar-refractivity contribution in [1.29, 1.82) is 0 Å². The molecule has 6 rings (SSSR count). The lowest BCUT2D eigenvalue weighted by Gasteiger charge is -2.37. The van der Waals surface area contributed by atoms with E-state index < -0.39 is 36.0 Å². The van der Waals surface area contributed by atoms with E-state index in [9.17, 15) is 4.39 Å². The summed E-state index contributed by atoms with van der Waals surface area (Å²) in [6.07, 6.45) is -1.94. The van der Waals surface area contributed by atoms with Gasteiger partial charge in [0.2, 0.25) is 0 Å². The molecular weight excluding hydrogens is 507 g/mol. The largest absolute Gasteiger partial charge is 0.368 e. The predicted octanol–water partition coefficient (Wildman–Crippen LogP) is 6.60. The smallest absolute Gasteiger partial charge is 0.190 e. The summed E-state index contributed by atoms with van der Waals surface area (Å²) in [5.74, 6) is -1.08. The molecule has 4 aromatic rings. The van der Waals surface area contributed by atoms with Crippen molar-refractivity contribution in [3.63, 3.8) is 0 Å². The molecule has 1 unspecified atom stereocenters. The number of hydrogen-bond acceptors (Lipinski definition) is 5. The normalized spacial score (nSPS) is 23.7. The SMILES string of the molecule is CC1(C)OC2O[C@H](COC(c3ccccc3)(c3ccccc3)c3ccccc3)[C@H](OCc3ccc(F)cc3)[C@H]2O1. The Labute approximate surface area is 234 Å². The Morgan fingerprint density at radius 2 is 1.25 bits per heavy atom. The van der Waals surface area contributed by atoms with Crippen LogP contribution in [0, 0.1) is 5.82 Å². The quantitative estimate of drug-likeness (QED) is 0.224. The maximum absolute atomic E-state index is 13.5. The van der Waals surface area contributed by atoms with Crippen LogP contribution in [0.15, 0.2) is 115 Å². The van der Waals surface area contributed by atoms with Crippen molar-refractivity contribution in [3.05, 3.63) is 143 Å². The van der Waals surface area contributed by atoms with Gasteiger partial charge in [-0.05, 0) is 48.2 Å². The Kier molecular flexibility index (Phi) is 7.53.